The molecule has 0 unspecified atom stereocenters. The van der Waals surface area contributed by atoms with Gasteiger partial charge in [-0.05, 0) is 29.8 Å². The lowest BCUT2D eigenvalue weighted by molar-refractivity contribution is 0.301. The van der Waals surface area contributed by atoms with Gasteiger partial charge in [0.05, 0.1) is 11.2 Å². The lowest BCUT2D eigenvalue weighted by Gasteiger charge is -2.07. The van der Waals surface area contributed by atoms with Crippen molar-refractivity contribution in [3.63, 3.8) is 0 Å². The van der Waals surface area contributed by atoms with Crippen LogP contribution in [0.3, 0.4) is 0 Å². The summed E-state index contributed by atoms with van der Waals surface area (Å²) in [6.07, 6.45) is 0. The molecule has 0 N–H and O–H groups in total. The molecule has 0 atom stereocenters. The minimum Gasteiger partial charge on any atom is -0.487 e. The first kappa shape index (κ1) is 13.1. The normalized spacial score (nSPS) is 10.7. The predicted octanol–water partition coefficient (Wildman–Crippen LogP) is 4.71. The molecular formula is C17H14BrNO. The molecule has 0 aliphatic heterocycles. The van der Waals surface area contributed by atoms with Gasteiger partial charge >= 0.3 is 0 Å². The van der Waals surface area contributed by atoms with Gasteiger partial charge in [-0.3, -0.25) is 0 Å². The monoisotopic (exact) mass is 327 g/mol. The highest BCUT2D eigenvalue weighted by Gasteiger charge is 2.00. The zero-order chi connectivity index (χ0) is 13.8. The molecule has 1 aromatic heterocycles. The molecule has 0 spiro atoms. The Hall–Kier alpha value is -1.87. The molecule has 0 saturated carbocycles. The summed E-state index contributed by atoms with van der Waals surface area (Å²) in [6, 6.07) is 20.3. The first-order valence-electron chi connectivity index (χ1n) is 6.47. The summed E-state index contributed by atoms with van der Waals surface area (Å²) in [7, 11) is 0. The van der Waals surface area contributed by atoms with Crippen LogP contribution in [-0.4, -0.2) is 4.98 Å². The number of pyridine rings is 1. The van der Waals surface area contributed by atoms with E-state index in [-0.39, 0.29) is 0 Å². The number of aromatic nitrogens is 1. The van der Waals surface area contributed by atoms with Crippen LogP contribution in [0.1, 0.15) is 11.3 Å². The van der Waals surface area contributed by atoms with E-state index < -0.39 is 0 Å². The topological polar surface area (TPSA) is 22.1 Å². The lowest BCUT2D eigenvalue weighted by atomic mass is 10.2. The Morgan fingerprint density at radius 3 is 2.75 bits per heavy atom. The molecule has 0 aliphatic rings. The van der Waals surface area contributed by atoms with Gasteiger partial charge in [0.1, 0.15) is 12.4 Å². The van der Waals surface area contributed by atoms with Crippen molar-refractivity contribution in [2.75, 3.05) is 0 Å². The Kier molecular flexibility index (Phi) is 3.97. The van der Waals surface area contributed by atoms with Gasteiger partial charge in [-0.25, -0.2) is 4.98 Å². The molecule has 2 nitrogen and oxygen atoms in total. The number of fused-ring (bicyclic) bond motifs is 1. The molecule has 1 heterocycles. The van der Waals surface area contributed by atoms with Crippen LogP contribution in [0.2, 0.25) is 0 Å². The van der Waals surface area contributed by atoms with Gasteiger partial charge in [-0.2, -0.15) is 0 Å². The van der Waals surface area contributed by atoms with Crippen molar-refractivity contribution in [3.05, 3.63) is 71.9 Å². The summed E-state index contributed by atoms with van der Waals surface area (Å²) >= 11 is 3.45. The van der Waals surface area contributed by atoms with Crippen molar-refractivity contribution >= 4 is 26.8 Å². The molecule has 2 aromatic carbocycles. The highest BCUT2D eigenvalue weighted by Crippen LogP contribution is 2.17. The van der Waals surface area contributed by atoms with Crippen LogP contribution in [0.4, 0.5) is 0 Å². The van der Waals surface area contributed by atoms with E-state index in [0.717, 1.165) is 27.7 Å². The SMILES string of the molecule is BrCc1cccc(OCc2ccc3ccccc3n2)c1. The van der Waals surface area contributed by atoms with E-state index in [0.29, 0.717) is 6.61 Å². The Bertz CT molecular complexity index is 727. The second kappa shape index (κ2) is 6.06. The Morgan fingerprint density at radius 2 is 1.85 bits per heavy atom. The molecule has 0 amide bonds. The summed E-state index contributed by atoms with van der Waals surface area (Å²) in [6.45, 7) is 0.483. The van der Waals surface area contributed by atoms with E-state index in [9.17, 15) is 0 Å². The number of hydrogen-bond donors (Lipinski definition) is 0. The average molecular weight is 328 g/mol. The minimum absolute atomic E-state index is 0.483. The lowest BCUT2D eigenvalue weighted by Crippen LogP contribution is -1.98. The largest absolute Gasteiger partial charge is 0.487 e. The van der Waals surface area contributed by atoms with Crippen LogP contribution in [0, 0.1) is 0 Å². The molecule has 0 fully saturated rings. The summed E-state index contributed by atoms with van der Waals surface area (Å²) < 4.78 is 5.80. The maximum atomic E-state index is 5.80. The fourth-order valence-electron chi connectivity index (χ4n) is 2.06. The zero-order valence-electron chi connectivity index (χ0n) is 10.9. The third-order valence-corrected chi connectivity index (χ3v) is 3.74. The van der Waals surface area contributed by atoms with E-state index >= 15 is 0 Å². The van der Waals surface area contributed by atoms with E-state index in [1.165, 1.54) is 5.56 Å². The van der Waals surface area contributed by atoms with Crippen LogP contribution >= 0.6 is 15.9 Å². The second-order valence-electron chi connectivity index (χ2n) is 4.57. The Balaban J connectivity index is 1.76. The number of benzene rings is 2. The Morgan fingerprint density at radius 1 is 0.950 bits per heavy atom. The smallest absolute Gasteiger partial charge is 0.130 e. The van der Waals surface area contributed by atoms with E-state index in [1.807, 2.05) is 42.5 Å². The zero-order valence-corrected chi connectivity index (χ0v) is 12.5. The molecule has 0 bridgehead atoms. The highest BCUT2D eigenvalue weighted by molar-refractivity contribution is 9.08. The van der Waals surface area contributed by atoms with Crippen molar-refractivity contribution in [1.29, 1.82) is 0 Å². The van der Waals surface area contributed by atoms with Crippen LogP contribution in [0.15, 0.2) is 60.7 Å². The third kappa shape index (κ3) is 2.99. The van der Waals surface area contributed by atoms with Gasteiger partial charge in [-0.1, -0.05) is 52.3 Å². The molecular weight excluding hydrogens is 314 g/mol. The van der Waals surface area contributed by atoms with Gasteiger partial charge in [0, 0.05) is 10.7 Å². The molecule has 3 rings (SSSR count). The first-order valence-corrected chi connectivity index (χ1v) is 7.60. The fourth-order valence-corrected chi connectivity index (χ4v) is 2.41. The summed E-state index contributed by atoms with van der Waals surface area (Å²) in [5, 5.41) is 1.98. The number of para-hydroxylation sites is 1. The maximum Gasteiger partial charge on any atom is 0.130 e. The number of alkyl halides is 1. The van der Waals surface area contributed by atoms with Crippen LogP contribution < -0.4 is 4.74 Å². The molecule has 0 radical (unpaired) electrons. The number of nitrogens with zero attached hydrogens (tertiary/aromatic N) is 1. The standard InChI is InChI=1S/C17H14BrNO/c18-11-13-4-3-6-16(10-13)20-12-15-9-8-14-5-1-2-7-17(14)19-15/h1-10H,11-12H2. The molecule has 100 valence electrons. The van der Waals surface area contributed by atoms with Crippen LogP contribution in [0.25, 0.3) is 10.9 Å². The fraction of sp³-hybridized carbons (Fsp3) is 0.118. The predicted molar refractivity (Wildman–Crippen MR) is 85.1 cm³/mol. The van der Waals surface area contributed by atoms with Gasteiger partial charge in [0.2, 0.25) is 0 Å². The highest BCUT2D eigenvalue weighted by atomic mass is 79.9. The minimum atomic E-state index is 0.483. The quantitative estimate of drug-likeness (QED) is 0.647. The van der Waals surface area contributed by atoms with Crippen molar-refractivity contribution in [2.24, 2.45) is 0 Å². The van der Waals surface area contributed by atoms with Crippen molar-refractivity contribution in [3.8, 4) is 5.75 Å². The number of ether oxygens (including phenoxy) is 1. The molecule has 0 aliphatic carbocycles. The molecule has 3 aromatic rings. The summed E-state index contributed by atoms with van der Waals surface area (Å²) in [5.41, 5.74) is 3.14. The van der Waals surface area contributed by atoms with E-state index in [2.05, 4.69) is 39.1 Å². The number of hydrogen-bond acceptors (Lipinski definition) is 2. The Labute approximate surface area is 126 Å². The third-order valence-electron chi connectivity index (χ3n) is 3.10. The van der Waals surface area contributed by atoms with Crippen LogP contribution in [0.5, 0.6) is 5.75 Å². The maximum absolute atomic E-state index is 5.80. The van der Waals surface area contributed by atoms with Crippen molar-refractivity contribution in [1.82, 2.24) is 4.98 Å². The van der Waals surface area contributed by atoms with Crippen molar-refractivity contribution in [2.45, 2.75) is 11.9 Å². The van der Waals surface area contributed by atoms with E-state index in [4.69, 9.17) is 4.74 Å². The summed E-state index contributed by atoms with van der Waals surface area (Å²) in [5.74, 6) is 0.872. The van der Waals surface area contributed by atoms with Gasteiger partial charge in [0.15, 0.2) is 0 Å². The van der Waals surface area contributed by atoms with E-state index in [1.54, 1.807) is 0 Å². The van der Waals surface area contributed by atoms with Gasteiger partial charge in [0.25, 0.3) is 0 Å². The molecule has 3 heteroatoms. The van der Waals surface area contributed by atoms with Gasteiger partial charge < -0.3 is 4.74 Å². The number of halogens is 1. The van der Waals surface area contributed by atoms with Crippen LogP contribution in [-0.2, 0) is 11.9 Å². The average Bonchev–Trinajstić information content (AvgIpc) is 2.53. The van der Waals surface area contributed by atoms with Crippen molar-refractivity contribution < 1.29 is 4.74 Å². The van der Waals surface area contributed by atoms with Gasteiger partial charge in [-0.15, -0.1) is 0 Å². The summed E-state index contributed by atoms with van der Waals surface area (Å²) in [4.78, 5) is 4.60. The second-order valence-corrected chi connectivity index (χ2v) is 5.13. The molecule has 20 heavy (non-hydrogen) atoms. The first-order chi connectivity index (χ1) is 9.85. The number of rotatable bonds is 4. The molecule has 0 saturated heterocycles.